The molecule has 2 aromatic carbocycles. The highest BCUT2D eigenvalue weighted by Gasteiger charge is 2.37. The van der Waals surface area contributed by atoms with Crippen LogP contribution in [0.5, 0.6) is 5.75 Å². The fraction of sp³-hybridized carbons (Fsp3) is 0.381. The number of hydrogen-bond acceptors (Lipinski definition) is 3. The molecule has 0 aliphatic heterocycles. The molecular formula is C21H27NO3. The van der Waals surface area contributed by atoms with Gasteiger partial charge in [0.05, 0.1) is 6.61 Å². The number of carboxylic acid groups (broad SMARTS) is 1. The monoisotopic (exact) mass is 341 g/mol. The molecule has 2 rings (SSSR count). The molecule has 0 spiro atoms. The molecule has 0 saturated carbocycles. The lowest BCUT2D eigenvalue weighted by molar-refractivity contribution is -0.141. The van der Waals surface area contributed by atoms with Crippen LogP contribution < -0.4 is 9.64 Å². The van der Waals surface area contributed by atoms with Gasteiger partial charge < -0.3 is 14.7 Å². The lowest BCUT2D eigenvalue weighted by Crippen LogP contribution is -2.33. The zero-order valence-electron chi connectivity index (χ0n) is 15.5. The molecule has 0 bridgehead atoms. The molecular weight excluding hydrogens is 314 g/mol. The summed E-state index contributed by atoms with van der Waals surface area (Å²) in [5.41, 5.74) is 1.50. The van der Waals surface area contributed by atoms with E-state index in [0.717, 1.165) is 35.7 Å². The summed E-state index contributed by atoms with van der Waals surface area (Å²) in [5.74, 6) is -0.122. The summed E-state index contributed by atoms with van der Waals surface area (Å²) in [6, 6.07) is 15.1. The Hall–Kier alpha value is -2.49. The number of anilines is 1. The molecule has 25 heavy (non-hydrogen) atoms. The van der Waals surface area contributed by atoms with E-state index in [4.69, 9.17) is 4.74 Å². The van der Waals surface area contributed by atoms with Gasteiger partial charge in [-0.3, -0.25) is 4.79 Å². The van der Waals surface area contributed by atoms with Crippen LogP contribution in [-0.2, 0) is 10.2 Å². The standard InChI is InChI=1S/C21H27NO3/c1-5-22(6-2)18-12-8-16(9-13-18)21(4,20(23)24)17-10-14-19(15-11-17)25-7-3/h8-15H,5-7H2,1-4H3,(H,23,24). The molecule has 4 heteroatoms. The maximum atomic E-state index is 12.1. The minimum atomic E-state index is -1.10. The lowest BCUT2D eigenvalue weighted by Gasteiger charge is -2.28. The summed E-state index contributed by atoms with van der Waals surface area (Å²) in [6.45, 7) is 10.3. The van der Waals surface area contributed by atoms with Crippen LogP contribution >= 0.6 is 0 Å². The van der Waals surface area contributed by atoms with Gasteiger partial charge in [-0.25, -0.2) is 0 Å². The van der Waals surface area contributed by atoms with Crippen molar-refractivity contribution in [2.24, 2.45) is 0 Å². The highest BCUT2D eigenvalue weighted by atomic mass is 16.5. The fourth-order valence-electron chi connectivity index (χ4n) is 3.06. The highest BCUT2D eigenvalue weighted by Crippen LogP contribution is 2.34. The minimum Gasteiger partial charge on any atom is -0.494 e. The van der Waals surface area contributed by atoms with Crippen molar-refractivity contribution in [1.82, 2.24) is 0 Å². The van der Waals surface area contributed by atoms with Gasteiger partial charge in [0.2, 0.25) is 0 Å². The maximum absolute atomic E-state index is 12.1. The number of carbonyl (C=O) groups is 1. The lowest BCUT2D eigenvalue weighted by atomic mass is 9.76. The third-order valence-corrected chi connectivity index (χ3v) is 4.74. The number of rotatable bonds is 8. The van der Waals surface area contributed by atoms with Crippen LogP contribution in [0.3, 0.4) is 0 Å². The van der Waals surface area contributed by atoms with Crippen molar-refractivity contribution < 1.29 is 14.6 Å². The van der Waals surface area contributed by atoms with Crippen molar-refractivity contribution >= 4 is 11.7 Å². The zero-order chi connectivity index (χ0) is 18.4. The van der Waals surface area contributed by atoms with Gasteiger partial charge in [-0.05, 0) is 63.1 Å². The SMILES string of the molecule is CCOc1ccc(C(C)(C(=O)O)c2ccc(N(CC)CC)cc2)cc1. The van der Waals surface area contributed by atoms with E-state index in [2.05, 4.69) is 18.7 Å². The molecule has 0 aliphatic carbocycles. The molecule has 0 saturated heterocycles. The van der Waals surface area contributed by atoms with Gasteiger partial charge in [-0.1, -0.05) is 24.3 Å². The van der Waals surface area contributed by atoms with E-state index in [9.17, 15) is 9.90 Å². The Morgan fingerprint density at radius 2 is 1.44 bits per heavy atom. The molecule has 2 aromatic rings. The molecule has 0 radical (unpaired) electrons. The van der Waals surface area contributed by atoms with Gasteiger partial charge in [-0.15, -0.1) is 0 Å². The Kier molecular flexibility index (Phi) is 6.07. The summed E-state index contributed by atoms with van der Waals surface area (Å²) in [7, 11) is 0. The van der Waals surface area contributed by atoms with Crippen molar-refractivity contribution in [3.63, 3.8) is 0 Å². The smallest absolute Gasteiger partial charge is 0.318 e. The number of aliphatic carboxylic acids is 1. The number of benzene rings is 2. The molecule has 0 aromatic heterocycles. The second kappa shape index (κ2) is 8.06. The van der Waals surface area contributed by atoms with Crippen LogP contribution in [0.15, 0.2) is 48.5 Å². The molecule has 1 N–H and O–H groups in total. The molecule has 4 nitrogen and oxygen atoms in total. The van der Waals surface area contributed by atoms with Crippen LogP contribution in [0.2, 0.25) is 0 Å². The van der Waals surface area contributed by atoms with Crippen molar-refractivity contribution in [1.29, 1.82) is 0 Å². The largest absolute Gasteiger partial charge is 0.494 e. The first kappa shape index (κ1) is 18.8. The number of hydrogen-bond donors (Lipinski definition) is 1. The molecule has 134 valence electrons. The maximum Gasteiger partial charge on any atom is 0.318 e. The first-order chi connectivity index (χ1) is 12.0. The molecule has 1 unspecified atom stereocenters. The third-order valence-electron chi connectivity index (χ3n) is 4.74. The fourth-order valence-corrected chi connectivity index (χ4v) is 3.06. The zero-order valence-corrected chi connectivity index (χ0v) is 15.5. The molecule has 0 aliphatic rings. The van der Waals surface area contributed by atoms with E-state index >= 15 is 0 Å². The Morgan fingerprint density at radius 3 is 1.84 bits per heavy atom. The topological polar surface area (TPSA) is 49.8 Å². The Labute approximate surface area is 150 Å². The van der Waals surface area contributed by atoms with E-state index in [1.165, 1.54) is 0 Å². The summed E-state index contributed by atoms with van der Waals surface area (Å²) < 4.78 is 5.45. The molecule has 0 fully saturated rings. The number of carboxylic acids is 1. The van der Waals surface area contributed by atoms with Crippen molar-refractivity contribution in [3.8, 4) is 5.75 Å². The van der Waals surface area contributed by atoms with Gasteiger partial charge in [0.25, 0.3) is 0 Å². The van der Waals surface area contributed by atoms with E-state index in [0.29, 0.717) is 6.61 Å². The first-order valence-electron chi connectivity index (χ1n) is 8.79. The summed E-state index contributed by atoms with van der Waals surface area (Å²) in [4.78, 5) is 14.4. The average Bonchev–Trinajstić information content (AvgIpc) is 2.63. The average molecular weight is 341 g/mol. The van der Waals surface area contributed by atoms with Crippen molar-refractivity contribution in [3.05, 3.63) is 59.7 Å². The number of nitrogens with zero attached hydrogens (tertiary/aromatic N) is 1. The van der Waals surface area contributed by atoms with Crippen molar-refractivity contribution in [2.45, 2.75) is 33.1 Å². The predicted octanol–water partition coefficient (Wildman–Crippen LogP) is 4.32. The second-order valence-electron chi connectivity index (χ2n) is 6.11. The third kappa shape index (κ3) is 3.78. The first-order valence-corrected chi connectivity index (χ1v) is 8.79. The van der Waals surface area contributed by atoms with Gasteiger partial charge in [0.1, 0.15) is 11.2 Å². The van der Waals surface area contributed by atoms with E-state index in [1.807, 2.05) is 55.5 Å². The Balaban J connectivity index is 2.40. The minimum absolute atomic E-state index is 0.586. The van der Waals surface area contributed by atoms with Crippen LogP contribution in [0.25, 0.3) is 0 Å². The summed E-state index contributed by atoms with van der Waals surface area (Å²) >= 11 is 0. The molecule has 1 atom stereocenters. The van der Waals surface area contributed by atoms with Gasteiger partial charge in [-0.2, -0.15) is 0 Å². The molecule has 0 amide bonds. The summed E-state index contributed by atoms with van der Waals surface area (Å²) in [5, 5.41) is 9.94. The Bertz CT molecular complexity index is 690. The van der Waals surface area contributed by atoms with Gasteiger partial charge in [0.15, 0.2) is 0 Å². The van der Waals surface area contributed by atoms with Gasteiger partial charge >= 0.3 is 5.97 Å². The normalized spacial score (nSPS) is 13.1. The summed E-state index contributed by atoms with van der Waals surface area (Å²) in [6.07, 6.45) is 0. The number of ether oxygens (including phenoxy) is 1. The van der Waals surface area contributed by atoms with Crippen LogP contribution in [-0.4, -0.2) is 30.8 Å². The van der Waals surface area contributed by atoms with Crippen LogP contribution in [0, 0.1) is 0 Å². The van der Waals surface area contributed by atoms with Crippen LogP contribution in [0.1, 0.15) is 38.8 Å². The van der Waals surface area contributed by atoms with Crippen molar-refractivity contribution in [2.75, 3.05) is 24.6 Å². The Morgan fingerprint density at radius 1 is 0.960 bits per heavy atom. The highest BCUT2D eigenvalue weighted by molar-refractivity contribution is 5.85. The van der Waals surface area contributed by atoms with E-state index in [1.54, 1.807) is 6.92 Å². The van der Waals surface area contributed by atoms with Gasteiger partial charge in [0, 0.05) is 18.8 Å². The molecule has 0 heterocycles. The van der Waals surface area contributed by atoms with E-state index < -0.39 is 11.4 Å². The predicted molar refractivity (Wildman–Crippen MR) is 102 cm³/mol. The van der Waals surface area contributed by atoms with Crippen LogP contribution in [0.4, 0.5) is 5.69 Å². The quantitative estimate of drug-likeness (QED) is 0.777. The van der Waals surface area contributed by atoms with E-state index in [-0.39, 0.29) is 0 Å². The second-order valence-corrected chi connectivity index (χ2v) is 6.11.